The van der Waals surface area contributed by atoms with Gasteiger partial charge in [0.2, 0.25) is 0 Å². The average Bonchev–Trinajstić information content (AvgIpc) is 2.95. The van der Waals surface area contributed by atoms with Crippen molar-refractivity contribution in [3.63, 3.8) is 0 Å². The van der Waals surface area contributed by atoms with E-state index in [1.54, 1.807) is 0 Å². The van der Waals surface area contributed by atoms with E-state index < -0.39 is 0 Å². The van der Waals surface area contributed by atoms with Crippen molar-refractivity contribution in [3.05, 3.63) is 47.3 Å². The molecule has 0 unspecified atom stereocenters. The van der Waals surface area contributed by atoms with Crippen LogP contribution in [0.2, 0.25) is 0 Å². The van der Waals surface area contributed by atoms with Crippen molar-refractivity contribution in [1.82, 2.24) is 4.98 Å². The number of aldehydes is 1. The van der Waals surface area contributed by atoms with Crippen molar-refractivity contribution in [2.24, 2.45) is 0 Å². The van der Waals surface area contributed by atoms with Crippen LogP contribution in [0.25, 0.3) is 21.5 Å². The van der Waals surface area contributed by atoms with E-state index in [-0.39, 0.29) is 0 Å². The van der Waals surface area contributed by atoms with Crippen LogP contribution in [0, 0.1) is 0 Å². The number of benzene rings is 1. The first-order valence-electron chi connectivity index (χ1n) is 5.00. The summed E-state index contributed by atoms with van der Waals surface area (Å²) in [5.74, 6) is 0. The highest BCUT2D eigenvalue weighted by molar-refractivity contribution is 7.17. The number of aromatic nitrogens is 1. The van der Waals surface area contributed by atoms with Crippen LogP contribution >= 0.6 is 11.3 Å². The quantitative estimate of drug-likeness (QED) is 0.665. The molecule has 0 bridgehead atoms. The highest BCUT2D eigenvalue weighted by Crippen LogP contribution is 2.29. The van der Waals surface area contributed by atoms with Gasteiger partial charge in [0.15, 0.2) is 6.29 Å². The molecule has 2 aromatic heterocycles. The summed E-state index contributed by atoms with van der Waals surface area (Å²) in [6, 6.07) is 14.1. The molecule has 3 heteroatoms. The molecule has 1 N–H and O–H groups in total. The molecule has 0 atom stereocenters. The van der Waals surface area contributed by atoms with Gasteiger partial charge in [0.1, 0.15) is 0 Å². The minimum absolute atomic E-state index is 0.758. The number of fused-ring (bicyclic) bond motifs is 1. The first-order chi connectivity index (χ1) is 7.86. The molecule has 0 aliphatic rings. The molecule has 0 saturated heterocycles. The third-order valence-electron chi connectivity index (χ3n) is 2.54. The van der Waals surface area contributed by atoms with E-state index in [1.165, 1.54) is 16.7 Å². The predicted octanol–water partition coefficient (Wildman–Crippen LogP) is 3.71. The van der Waals surface area contributed by atoms with Crippen molar-refractivity contribution in [2.45, 2.75) is 0 Å². The summed E-state index contributed by atoms with van der Waals surface area (Å²) in [7, 11) is 0. The Kier molecular flexibility index (Phi) is 2.11. The molecule has 0 radical (unpaired) electrons. The monoisotopic (exact) mass is 227 g/mol. The number of nitrogens with one attached hydrogen (secondary N) is 1. The van der Waals surface area contributed by atoms with Crippen LogP contribution in [0.5, 0.6) is 0 Å². The van der Waals surface area contributed by atoms with Crippen LogP contribution in [0.1, 0.15) is 9.67 Å². The van der Waals surface area contributed by atoms with Gasteiger partial charge >= 0.3 is 0 Å². The number of hydrogen-bond donors (Lipinski definition) is 1. The summed E-state index contributed by atoms with van der Waals surface area (Å²) in [5, 5.41) is 1.19. The van der Waals surface area contributed by atoms with E-state index in [0.29, 0.717) is 0 Å². The van der Waals surface area contributed by atoms with Crippen LogP contribution in [0.15, 0.2) is 42.5 Å². The zero-order valence-corrected chi connectivity index (χ0v) is 9.25. The Morgan fingerprint density at radius 1 is 1.12 bits per heavy atom. The number of carbonyl (C=O) groups is 1. The normalized spacial score (nSPS) is 10.8. The SMILES string of the molecule is O=Cc1ccc(-c2cc3ccccc3[nH]2)s1. The number of H-pyrrole nitrogens is 1. The van der Waals surface area contributed by atoms with Gasteiger partial charge in [-0.3, -0.25) is 4.79 Å². The second-order valence-electron chi connectivity index (χ2n) is 3.59. The highest BCUT2D eigenvalue weighted by Gasteiger charge is 2.05. The van der Waals surface area contributed by atoms with Crippen LogP contribution in [-0.2, 0) is 0 Å². The van der Waals surface area contributed by atoms with Gasteiger partial charge in [0, 0.05) is 10.9 Å². The van der Waals surface area contributed by atoms with E-state index in [1.807, 2.05) is 30.3 Å². The molecule has 0 saturated carbocycles. The lowest BCUT2D eigenvalue weighted by Gasteiger charge is -1.88. The minimum atomic E-state index is 0.758. The maximum absolute atomic E-state index is 10.6. The molecule has 1 aromatic carbocycles. The first kappa shape index (κ1) is 9.36. The maximum Gasteiger partial charge on any atom is 0.160 e. The number of carbonyl (C=O) groups excluding carboxylic acids is 1. The lowest BCUT2D eigenvalue weighted by Crippen LogP contribution is -1.68. The highest BCUT2D eigenvalue weighted by atomic mass is 32.1. The Morgan fingerprint density at radius 3 is 2.75 bits per heavy atom. The van der Waals surface area contributed by atoms with Gasteiger partial charge in [-0.25, -0.2) is 0 Å². The third-order valence-corrected chi connectivity index (χ3v) is 3.58. The number of rotatable bonds is 2. The van der Waals surface area contributed by atoms with Crippen LogP contribution < -0.4 is 0 Å². The Bertz CT molecular complexity index is 618. The third kappa shape index (κ3) is 1.46. The van der Waals surface area contributed by atoms with Gasteiger partial charge < -0.3 is 4.98 Å². The Labute approximate surface area is 96.5 Å². The molecular weight excluding hydrogens is 218 g/mol. The summed E-state index contributed by atoms with van der Waals surface area (Å²) < 4.78 is 0. The summed E-state index contributed by atoms with van der Waals surface area (Å²) in [6.45, 7) is 0. The van der Waals surface area contributed by atoms with Crippen LogP contribution in [-0.4, -0.2) is 11.3 Å². The fourth-order valence-corrected chi connectivity index (χ4v) is 2.56. The average molecular weight is 227 g/mol. The Balaban J connectivity index is 2.14. The molecule has 0 fully saturated rings. The smallest absolute Gasteiger partial charge is 0.160 e. The molecule has 2 nitrogen and oxygen atoms in total. The maximum atomic E-state index is 10.6. The predicted molar refractivity (Wildman–Crippen MR) is 67.0 cm³/mol. The topological polar surface area (TPSA) is 32.9 Å². The zero-order chi connectivity index (χ0) is 11.0. The second-order valence-corrected chi connectivity index (χ2v) is 4.71. The minimum Gasteiger partial charge on any atom is -0.354 e. The van der Waals surface area contributed by atoms with Crippen molar-refractivity contribution in [3.8, 4) is 10.6 Å². The van der Waals surface area contributed by atoms with Crippen molar-refractivity contribution in [2.75, 3.05) is 0 Å². The number of thiophene rings is 1. The molecular formula is C13H9NOS. The second kappa shape index (κ2) is 3.61. The summed E-state index contributed by atoms with van der Waals surface area (Å²) in [6.07, 6.45) is 0.886. The summed E-state index contributed by atoms with van der Waals surface area (Å²) in [4.78, 5) is 15.8. The molecule has 2 heterocycles. The number of aromatic amines is 1. The van der Waals surface area contributed by atoms with Crippen LogP contribution in [0.4, 0.5) is 0 Å². The number of hydrogen-bond acceptors (Lipinski definition) is 2. The first-order valence-corrected chi connectivity index (χ1v) is 5.81. The van der Waals surface area contributed by atoms with Crippen molar-refractivity contribution < 1.29 is 4.79 Å². The Morgan fingerprint density at radius 2 is 2.00 bits per heavy atom. The zero-order valence-electron chi connectivity index (χ0n) is 8.44. The summed E-state index contributed by atoms with van der Waals surface area (Å²) in [5.41, 5.74) is 2.19. The molecule has 3 aromatic rings. The van der Waals surface area contributed by atoms with Gasteiger partial charge in [-0.2, -0.15) is 0 Å². The molecule has 78 valence electrons. The molecule has 0 spiro atoms. The molecule has 0 amide bonds. The largest absolute Gasteiger partial charge is 0.354 e. The van der Waals surface area contributed by atoms with E-state index in [2.05, 4.69) is 17.1 Å². The van der Waals surface area contributed by atoms with Gasteiger partial charge in [-0.05, 0) is 24.3 Å². The Hall–Kier alpha value is -1.87. The van der Waals surface area contributed by atoms with Crippen molar-refractivity contribution >= 4 is 28.5 Å². The van der Waals surface area contributed by atoms with Gasteiger partial charge in [-0.1, -0.05) is 18.2 Å². The fraction of sp³-hybridized carbons (Fsp3) is 0. The molecule has 0 aliphatic heterocycles. The van der Waals surface area contributed by atoms with Crippen molar-refractivity contribution in [1.29, 1.82) is 0 Å². The standard InChI is InChI=1S/C13H9NOS/c15-8-10-5-6-13(16-10)12-7-9-3-1-2-4-11(9)14-12/h1-8,14H. The van der Waals surface area contributed by atoms with E-state index >= 15 is 0 Å². The lowest BCUT2D eigenvalue weighted by atomic mass is 10.2. The van der Waals surface area contributed by atoms with E-state index in [4.69, 9.17) is 0 Å². The summed E-state index contributed by atoms with van der Waals surface area (Å²) >= 11 is 1.50. The lowest BCUT2D eigenvalue weighted by molar-refractivity contribution is 0.112. The van der Waals surface area contributed by atoms with Crippen LogP contribution in [0.3, 0.4) is 0 Å². The molecule has 0 aliphatic carbocycles. The molecule has 16 heavy (non-hydrogen) atoms. The van der Waals surface area contributed by atoms with Gasteiger partial charge in [-0.15, -0.1) is 11.3 Å². The van der Waals surface area contributed by atoms with Gasteiger partial charge in [0.05, 0.1) is 15.4 Å². The van der Waals surface area contributed by atoms with E-state index in [9.17, 15) is 4.79 Å². The fourth-order valence-electron chi connectivity index (χ4n) is 1.77. The molecule has 3 rings (SSSR count). The van der Waals surface area contributed by atoms with Gasteiger partial charge in [0.25, 0.3) is 0 Å². The van der Waals surface area contributed by atoms with E-state index in [0.717, 1.165) is 27.3 Å². The number of para-hydroxylation sites is 1.